The molecule has 1 aromatic heterocycles. The number of anilines is 1. The average Bonchev–Trinajstić information content (AvgIpc) is 2.24. The largest absolute Gasteiger partial charge is 0.353 e. The van der Waals surface area contributed by atoms with Crippen LogP contribution in [0.2, 0.25) is 0 Å². The Kier molecular flexibility index (Phi) is 5.19. The van der Waals surface area contributed by atoms with E-state index in [2.05, 4.69) is 43.0 Å². The molecule has 3 nitrogen and oxygen atoms in total. The predicted octanol–water partition coefficient (Wildman–Crippen LogP) is 3.58. The topological polar surface area (TPSA) is 37.8 Å². The molecule has 0 amide bonds. The number of hydrogen-bond donors (Lipinski definition) is 1. The van der Waals surface area contributed by atoms with Crippen molar-refractivity contribution in [2.45, 2.75) is 45.9 Å². The molecule has 0 aliphatic carbocycles. The van der Waals surface area contributed by atoms with Gasteiger partial charge >= 0.3 is 0 Å². The van der Waals surface area contributed by atoms with Crippen LogP contribution in [0.15, 0.2) is 6.07 Å². The molecule has 0 aliphatic heterocycles. The van der Waals surface area contributed by atoms with Crippen molar-refractivity contribution in [3.05, 3.63) is 17.5 Å². The summed E-state index contributed by atoms with van der Waals surface area (Å²) in [6, 6.07) is 2.02. The maximum atomic E-state index is 6.19. The van der Waals surface area contributed by atoms with Gasteiger partial charge in [-0.25, -0.2) is 9.97 Å². The van der Waals surface area contributed by atoms with Gasteiger partial charge in [0.15, 0.2) is 0 Å². The highest BCUT2D eigenvalue weighted by Crippen LogP contribution is 2.15. The minimum absolute atomic E-state index is 0.0987. The molecule has 0 aromatic carbocycles. The summed E-state index contributed by atoms with van der Waals surface area (Å²) in [6.45, 7) is 11.2. The van der Waals surface area contributed by atoms with Crippen molar-refractivity contribution < 1.29 is 0 Å². The van der Waals surface area contributed by atoms with Gasteiger partial charge in [-0.3, -0.25) is 0 Å². The molecule has 0 fully saturated rings. The van der Waals surface area contributed by atoms with Crippen LogP contribution in [0.5, 0.6) is 0 Å². The fourth-order valence-corrected chi connectivity index (χ4v) is 1.47. The van der Waals surface area contributed by atoms with E-state index in [0.29, 0.717) is 24.3 Å². The molecule has 1 rings (SSSR count). The Labute approximate surface area is 109 Å². The minimum Gasteiger partial charge on any atom is -0.353 e. The van der Waals surface area contributed by atoms with E-state index in [9.17, 15) is 0 Å². The lowest BCUT2D eigenvalue weighted by molar-refractivity contribution is 0.614. The number of rotatable bonds is 5. The zero-order valence-corrected chi connectivity index (χ0v) is 12.0. The standard InChI is InChI=1S/C13H22ClN3/c1-8(2)11(14)7-15-13-16-10(5)6-12(17-13)9(3)4/h6,8-9,11H,7H2,1-5H3,(H,15,16,17). The average molecular weight is 256 g/mol. The Hall–Kier alpha value is -0.830. The van der Waals surface area contributed by atoms with Crippen molar-refractivity contribution in [1.29, 1.82) is 0 Å². The molecular formula is C13H22ClN3. The summed E-state index contributed by atoms with van der Waals surface area (Å²) in [6.07, 6.45) is 0. The van der Waals surface area contributed by atoms with Crippen molar-refractivity contribution in [1.82, 2.24) is 9.97 Å². The Bertz CT molecular complexity index is 364. The number of halogens is 1. The molecule has 1 unspecified atom stereocenters. The van der Waals surface area contributed by atoms with Crippen molar-refractivity contribution in [3.8, 4) is 0 Å². The van der Waals surface area contributed by atoms with E-state index < -0.39 is 0 Å². The van der Waals surface area contributed by atoms with Gasteiger partial charge in [-0.1, -0.05) is 27.7 Å². The lowest BCUT2D eigenvalue weighted by Crippen LogP contribution is -2.21. The zero-order chi connectivity index (χ0) is 13.0. The third-order valence-corrected chi connectivity index (χ3v) is 3.30. The fraction of sp³-hybridized carbons (Fsp3) is 0.692. The third kappa shape index (κ3) is 4.50. The third-order valence-electron chi connectivity index (χ3n) is 2.64. The van der Waals surface area contributed by atoms with Crippen molar-refractivity contribution in [3.63, 3.8) is 0 Å². The summed E-state index contributed by atoms with van der Waals surface area (Å²) < 4.78 is 0. The summed E-state index contributed by atoms with van der Waals surface area (Å²) in [5.41, 5.74) is 2.05. The van der Waals surface area contributed by atoms with E-state index in [0.717, 1.165) is 11.4 Å². The molecular weight excluding hydrogens is 234 g/mol. The maximum Gasteiger partial charge on any atom is 0.223 e. The molecule has 4 heteroatoms. The van der Waals surface area contributed by atoms with Gasteiger partial charge in [0, 0.05) is 17.9 Å². The smallest absolute Gasteiger partial charge is 0.223 e. The Morgan fingerprint density at radius 2 is 1.88 bits per heavy atom. The van der Waals surface area contributed by atoms with Crippen LogP contribution < -0.4 is 5.32 Å². The monoisotopic (exact) mass is 255 g/mol. The minimum atomic E-state index is 0.0987. The van der Waals surface area contributed by atoms with E-state index in [-0.39, 0.29) is 5.38 Å². The van der Waals surface area contributed by atoms with E-state index in [4.69, 9.17) is 11.6 Å². The zero-order valence-electron chi connectivity index (χ0n) is 11.3. The van der Waals surface area contributed by atoms with Crippen molar-refractivity contribution >= 4 is 17.5 Å². The molecule has 1 heterocycles. The van der Waals surface area contributed by atoms with Gasteiger partial charge in [0.05, 0.1) is 5.38 Å². The summed E-state index contributed by atoms with van der Waals surface area (Å²) in [4.78, 5) is 8.85. The fourth-order valence-electron chi connectivity index (χ4n) is 1.39. The van der Waals surface area contributed by atoms with Crippen LogP contribution in [0.25, 0.3) is 0 Å². The molecule has 1 N–H and O–H groups in total. The maximum absolute atomic E-state index is 6.19. The number of aryl methyl sites for hydroxylation is 1. The lowest BCUT2D eigenvalue weighted by atomic mass is 10.1. The highest BCUT2D eigenvalue weighted by Gasteiger charge is 2.11. The van der Waals surface area contributed by atoms with E-state index in [1.165, 1.54) is 0 Å². The first-order valence-electron chi connectivity index (χ1n) is 6.13. The summed E-state index contributed by atoms with van der Waals surface area (Å²) in [5, 5.41) is 3.31. The van der Waals surface area contributed by atoms with Gasteiger partial charge < -0.3 is 5.32 Å². The van der Waals surface area contributed by atoms with Crippen molar-refractivity contribution in [2.75, 3.05) is 11.9 Å². The van der Waals surface area contributed by atoms with Crippen LogP contribution in [-0.2, 0) is 0 Å². The predicted molar refractivity (Wildman–Crippen MR) is 73.8 cm³/mol. The highest BCUT2D eigenvalue weighted by atomic mass is 35.5. The molecule has 1 atom stereocenters. The number of nitrogens with zero attached hydrogens (tertiary/aromatic N) is 2. The summed E-state index contributed by atoms with van der Waals surface area (Å²) >= 11 is 6.19. The quantitative estimate of drug-likeness (QED) is 0.818. The van der Waals surface area contributed by atoms with Crippen LogP contribution >= 0.6 is 11.6 Å². The van der Waals surface area contributed by atoms with Gasteiger partial charge in [0.2, 0.25) is 5.95 Å². The van der Waals surface area contributed by atoms with Crippen LogP contribution in [0, 0.1) is 12.8 Å². The summed E-state index contributed by atoms with van der Waals surface area (Å²) in [7, 11) is 0. The van der Waals surface area contributed by atoms with E-state index in [1.807, 2.05) is 13.0 Å². The molecule has 96 valence electrons. The molecule has 0 bridgehead atoms. The van der Waals surface area contributed by atoms with Gasteiger partial charge in [-0.15, -0.1) is 11.6 Å². The van der Waals surface area contributed by atoms with Gasteiger partial charge in [-0.05, 0) is 24.8 Å². The number of nitrogens with one attached hydrogen (secondary N) is 1. The highest BCUT2D eigenvalue weighted by molar-refractivity contribution is 6.21. The lowest BCUT2D eigenvalue weighted by Gasteiger charge is -2.15. The number of alkyl halides is 1. The Morgan fingerprint density at radius 3 is 2.41 bits per heavy atom. The second-order valence-corrected chi connectivity index (χ2v) is 5.61. The Morgan fingerprint density at radius 1 is 1.24 bits per heavy atom. The van der Waals surface area contributed by atoms with Crippen LogP contribution in [-0.4, -0.2) is 21.9 Å². The SMILES string of the molecule is Cc1cc(C(C)C)nc(NCC(Cl)C(C)C)n1. The molecule has 0 saturated heterocycles. The summed E-state index contributed by atoms with van der Waals surface area (Å²) in [5.74, 6) is 1.53. The first-order valence-corrected chi connectivity index (χ1v) is 6.57. The molecule has 17 heavy (non-hydrogen) atoms. The van der Waals surface area contributed by atoms with Crippen LogP contribution in [0.1, 0.15) is 45.0 Å². The van der Waals surface area contributed by atoms with Gasteiger partial charge in [-0.2, -0.15) is 0 Å². The molecule has 1 aromatic rings. The molecule has 0 saturated carbocycles. The number of hydrogen-bond acceptors (Lipinski definition) is 3. The van der Waals surface area contributed by atoms with E-state index >= 15 is 0 Å². The molecule has 0 radical (unpaired) electrons. The van der Waals surface area contributed by atoms with Gasteiger partial charge in [0.1, 0.15) is 0 Å². The molecule has 0 spiro atoms. The first kappa shape index (κ1) is 14.2. The molecule has 0 aliphatic rings. The van der Waals surface area contributed by atoms with Crippen molar-refractivity contribution in [2.24, 2.45) is 5.92 Å². The normalized spacial score (nSPS) is 13.2. The number of aromatic nitrogens is 2. The second-order valence-electron chi connectivity index (χ2n) is 5.05. The van der Waals surface area contributed by atoms with E-state index in [1.54, 1.807) is 0 Å². The first-order chi connectivity index (χ1) is 7.90. The van der Waals surface area contributed by atoms with Crippen LogP contribution in [0.4, 0.5) is 5.95 Å². The Balaban J connectivity index is 2.71. The van der Waals surface area contributed by atoms with Gasteiger partial charge in [0.25, 0.3) is 0 Å². The second kappa shape index (κ2) is 6.20. The van der Waals surface area contributed by atoms with Crippen LogP contribution in [0.3, 0.4) is 0 Å².